The highest BCUT2D eigenvalue weighted by molar-refractivity contribution is 6.30. The third-order valence-corrected chi connectivity index (χ3v) is 5.45. The monoisotopic (exact) mass is 650 g/mol. The maximum absolute atomic E-state index is 12.8. The molecular formula is C25H21ClF6N6O6. The molecule has 2 aromatic heterocycles. The zero-order valence-electron chi connectivity index (χ0n) is 21.8. The molecule has 0 fully saturated rings. The van der Waals surface area contributed by atoms with Crippen LogP contribution in [-0.2, 0) is 14.4 Å². The van der Waals surface area contributed by atoms with E-state index >= 15 is 0 Å². The molecule has 44 heavy (non-hydrogen) atoms. The lowest BCUT2D eigenvalue weighted by atomic mass is 10.0. The SMILES string of the molecule is NCCC(=O)NC(c1ccc(Cl)cc1)c1nc2ccc(-c3cn[nH]c3)cc2c(=O)[nH]1.O=C(O)C(F)(F)F.O=C(O)C(F)(F)F. The summed E-state index contributed by atoms with van der Waals surface area (Å²) >= 11 is 5.99. The van der Waals surface area contributed by atoms with E-state index < -0.39 is 30.3 Å². The molecule has 12 nitrogen and oxygen atoms in total. The van der Waals surface area contributed by atoms with E-state index in [1.165, 1.54) is 0 Å². The maximum Gasteiger partial charge on any atom is 0.490 e. The molecule has 4 rings (SSSR count). The van der Waals surface area contributed by atoms with Gasteiger partial charge < -0.3 is 26.2 Å². The Bertz CT molecular complexity index is 1620. The van der Waals surface area contributed by atoms with Gasteiger partial charge in [0.25, 0.3) is 5.56 Å². The Labute approximate surface area is 246 Å². The summed E-state index contributed by atoms with van der Waals surface area (Å²) in [4.78, 5) is 50.3. The number of rotatable bonds is 6. The number of fused-ring (bicyclic) bond motifs is 1. The van der Waals surface area contributed by atoms with Gasteiger partial charge >= 0.3 is 24.3 Å². The fourth-order valence-corrected chi connectivity index (χ4v) is 3.34. The van der Waals surface area contributed by atoms with Crippen LogP contribution in [-0.4, -0.2) is 67.1 Å². The summed E-state index contributed by atoms with van der Waals surface area (Å²) in [6, 6.07) is 11.8. The number of carboxylic acids is 2. The number of benzene rings is 2. The number of aliphatic carboxylic acids is 2. The molecule has 236 valence electrons. The van der Waals surface area contributed by atoms with Gasteiger partial charge in [-0.05, 0) is 35.4 Å². The predicted molar refractivity (Wildman–Crippen MR) is 142 cm³/mol. The number of carboxylic acid groups (broad SMARTS) is 2. The number of nitrogens with zero attached hydrogens (tertiary/aromatic N) is 2. The van der Waals surface area contributed by atoms with Crippen LogP contribution in [0.2, 0.25) is 5.02 Å². The number of halogens is 7. The van der Waals surface area contributed by atoms with Crippen molar-refractivity contribution in [2.75, 3.05) is 6.54 Å². The Hall–Kier alpha value is -4.97. The van der Waals surface area contributed by atoms with E-state index in [-0.39, 0.29) is 24.4 Å². The van der Waals surface area contributed by atoms with Crippen LogP contribution in [0.1, 0.15) is 23.9 Å². The van der Waals surface area contributed by atoms with Crippen LogP contribution < -0.4 is 16.6 Å². The van der Waals surface area contributed by atoms with Crippen molar-refractivity contribution in [3.8, 4) is 11.1 Å². The quantitative estimate of drug-likeness (QED) is 0.168. The Morgan fingerprint density at radius 1 is 0.955 bits per heavy atom. The fourth-order valence-electron chi connectivity index (χ4n) is 3.21. The van der Waals surface area contributed by atoms with E-state index in [1.54, 1.807) is 48.8 Å². The van der Waals surface area contributed by atoms with Crippen molar-refractivity contribution in [3.05, 3.63) is 81.6 Å². The first kappa shape index (κ1) is 35.2. The second kappa shape index (κ2) is 15.0. The molecule has 0 radical (unpaired) electrons. The molecule has 2 heterocycles. The van der Waals surface area contributed by atoms with Crippen LogP contribution >= 0.6 is 11.6 Å². The number of aromatic nitrogens is 4. The largest absolute Gasteiger partial charge is 0.490 e. The van der Waals surface area contributed by atoms with Crippen LogP contribution in [0.15, 0.2) is 59.7 Å². The van der Waals surface area contributed by atoms with E-state index in [1.807, 2.05) is 6.07 Å². The zero-order chi connectivity index (χ0) is 33.2. The van der Waals surface area contributed by atoms with Crippen molar-refractivity contribution in [2.45, 2.75) is 24.8 Å². The summed E-state index contributed by atoms with van der Waals surface area (Å²) in [7, 11) is 0. The number of amides is 1. The van der Waals surface area contributed by atoms with Gasteiger partial charge in [0, 0.05) is 29.7 Å². The lowest BCUT2D eigenvalue weighted by molar-refractivity contribution is -0.193. The van der Waals surface area contributed by atoms with Crippen LogP contribution in [0.3, 0.4) is 0 Å². The topological polar surface area (TPSA) is 204 Å². The minimum Gasteiger partial charge on any atom is -0.475 e. The van der Waals surface area contributed by atoms with Gasteiger partial charge in [0.1, 0.15) is 11.9 Å². The van der Waals surface area contributed by atoms with E-state index in [4.69, 9.17) is 37.1 Å². The minimum absolute atomic E-state index is 0.163. The molecule has 0 saturated carbocycles. The molecular weight excluding hydrogens is 630 g/mol. The Morgan fingerprint density at radius 2 is 1.52 bits per heavy atom. The fraction of sp³-hybridized carbons (Fsp3) is 0.200. The minimum atomic E-state index is -5.08. The van der Waals surface area contributed by atoms with Crippen molar-refractivity contribution < 1.29 is 50.9 Å². The van der Waals surface area contributed by atoms with E-state index in [0.717, 1.165) is 16.7 Å². The molecule has 0 spiro atoms. The molecule has 2 aromatic carbocycles. The maximum atomic E-state index is 12.8. The van der Waals surface area contributed by atoms with Gasteiger partial charge in [-0.2, -0.15) is 31.4 Å². The Morgan fingerprint density at radius 3 is 2.00 bits per heavy atom. The number of aromatic amines is 2. The number of hydrogen-bond acceptors (Lipinski definition) is 7. The number of alkyl halides is 6. The van der Waals surface area contributed by atoms with Crippen LogP contribution in [0.5, 0.6) is 0 Å². The average Bonchev–Trinajstić information content (AvgIpc) is 3.47. The summed E-state index contributed by atoms with van der Waals surface area (Å²) in [5.74, 6) is -5.42. The summed E-state index contributed by atoms with van der Waals surface area (Å²) in [5, 5.41) is 24.8. The number of H-pyrrole nitrogens is 2. The smallest absolute Gasteiger partial charge is 0.475 e. The molecule has 1 amide bonds. The molecule has 19 heteroatoms. The van der Waals surface area contributed by atoms with Crippen molar-refractivity contribution in [2.24, 2.45) is 5.73 Å². The van der Waals surface area contributed by atoms with Crippen molar-refractivity contribution in [1.29, 1.82) is 0 Å². The summed E-state index contributed by atoms with van der Waals surface area (Å²) in [6.45, 7) is 0.220. The molecule has 7 N–H and O–H groups in total. The second-order valence-electron chi connectivity index (χ2n) is 8.37. The normalized spacial score (nSPS) is 11.8. The number of carbonyl (C=O) groups is 3. The van der Waals surface area contributed by atoms with E-state index in [2.05, 4.69) is 25.5 Å². The molecule has 4 aromatic rings. The van der Waals surface area contributed by atoms with Crippen LogP contribution in [0.4, 0.5) is 26.3 Å². The van der Waals surface area contributed by atoms with Gasteiger partial charge in [0.2, 0.25) is 5.91 Å². The predicted octanol–water partition coefficient (Wildman–Crippen LogP) is 3.79. The zero-order valence-corrected chi connectivity index (χ0v) is 22.6. The van der Waals surface area contributed by atoms with E-state index in [0.29, 0.717) is 21.7 Å². The molecule has 0 bridgehead atoms. The van der Waals surface area contributed by atoms with Gasteiger partial charge in [-0.25, -0.2) is 14.6 Å². The van der Waals surface area contributed by atoms with Gasteiger partial charge in [0.05, 0.1) is 17.1 Å². The third-order valence-electron chi connectivity index (χ3n) is 5.19. The van der Waals surface area contributed by atoms with E-state index in [9.17, 15) is 35.9 Å². The highest BCUT2D eigenvalue weighted by Gasteiger charge is 2.38. The van der Waals surface area contributed by atoms with Crippen LogP contribution in [0.25, 0.3) is 22.0 Å². The van der Waals surface area contributed by atoms with Crippen molar-refractivity contribution >= 4 is 40.3 Å². The lowest BCUT2D eigenvalue weighted by Crippen LogP contribution is -2.33. The molecule has 0 aliphatic rings. The standard InChI is InChI=1S/C21H19ClN6O2.2C2HF3O2/c22-15-4-1-12(2-5-15)19(27-18(29)7-8-23)20-26-17-6-3-13(14-10-24-25-11-14)9-16(17)21(30)28-20;2*3-2(4,5)1(6)7/h1-6,9-11,19H,7-8,23H2,(H,24,25)(H,27,29)(H,26,28,30);2*(H,6,7). The number of nitrogens with two attached hydrogens (primary N) is 1. The lowest BCUT2D eigenvalue weighted by Gasteiger charge is -2.19. The number of carbonyl (C=O) groups excluding carboxylic acids is 1. The molecule has 0 saturated heterocycles. The highest BCUT2D eigenvalue weighted by atomic mass is 35.5. The number of nitrogens with one attached hydrogen (secondary N) is 3. The van der Waals surface area contributed by atoms with Gasteiger partial charge in [0.15, 0.2) is 0 Å². The van der Waals surface area contributed by atoms with Crippen molar-refractivity contribution in [3.63, 3.8) is 0 Å². The first-order valence-electron chi connectivity index (χ1n) is 11.8. The van der Waals surface area contributed by atoms with Gasteiger partial charge in [-0.3, -0.25) is 14.7 Å². The van der Waals surface area contributed by atoms with Gasteiger partial charge in [-0.1, -0.05) is 29.8 Å². The molecule has 1 atom stereocenters. The third kappa shape index (κ3) is 10.4. The first-order chi connectivity index (χ1) is 20.4. The summed E-state index contributed by atoms with van der Waals surface area (Å²) in [5.41, 5.74) is 8.18. The number of hydrogen-bond donors (Lipinski definition) is 6. The summed E-state index contributed by atoms with van der Waals surface area (Å²) < 4.78 is 63.5. The molecule has 1 unspecified atom stereocenters. The highest BCUT2D eigenvalue weighted by Crippen LogP contribution is 2.24. The van der Waals surface area contributed by atoms with Gasteiger partial charge in [-0.15, -0.1) is 0 Å². The van der Waals surface area contributed by atoms with Crippen LogP contribution in [0, 0.1) is 0 Å². The molecule has 0 aliphatic carbocycles. The Balaban J connectivity index is 0.000000402. The van der Waals surface area contributed by atoms with Crippen molar-refractivity contribution in [1.82, 2.24) is 25.5 Å². The second-order valence-corrected chi connectivity index (χ2v) is 8.80. The average molecular weight is 651 g/mol. The summed E-state index contributed by atoms with van der Waals surface area (Å²) in [6.07, 6.45) is -6.57. The Kier molecular flexibility index (Phi) is 12.0. The first-order valence-corrected chi connectivity index (χ1v) is 12.2. The molecule has 0 aliphatic heterocycles.